The first-order valence-electron chi connectivity index (χ1n) is 13.6. The number of fused-ring (bicyclic) bond motifs is 1. The summed E-state index contributed by atoms with van der Waals surface area (Å²) in [5.41, 5.74) is 2.56. The van der Waals surface area contributed by atoms with Crippen LogP contribution in [0.5, 0.6) is 0 Å². The second kappa shape index (κ2) is 12.2. The molecule has 0 radical (unpaired) electrons. The lowest BCUT2D eigenvalue weighted by Crippen LogP contribution is -2.30. The number of hydrogen-bond acceptors (Lipinski definition) is 7. The van der Waals surface area contributed by atoms with E-state index in [-0.39, 0.29) is 41.7 Å². The molecule has 1 aliphatic carbocycles. The minimum atomic E-state index is -0.720. The molecule has 3 atom stereocenters. The summed E-state index contributed by atoms with van der Waals surface area (Å²) < 4.78 is 10.0. The van der Waals surface area contributed by atoms with Crippen molar-refractivity contribution < 1.29 is 33.4 Å². The maximum Gasteiger partial charge on any atom is 0.338 e. The van der Waals surface area contributed by atoms with Crippen LogP contribution < -0.4 is 10.2 Å². The molecule has 0 unspecified atom stereocenters. The second-order valence-electron chi connectivity index (χ2n) is 10.1. The number of nitrogens with zero attached hydrogens (tertiary/aromatic N) is 1. The van der Waals surface area contributed by atoms with E-state index in [0.29, 0.717) is 29.8 Å². The number of nitrogens with one attached hydrogen (secondary N) is 1. The van der Waals surface area contributed by atoms with Crippen LogP contribution in [-0.2, 0) is 23.9 Å². The third kappa shape index (κ3) is 6.04. The molecule has 3 aromatic rings. The normalized spacial score (nSPS) is 19.8. The Morgan fingerprint density at radius 1 is 0.780 bits per heavy atom. The van der Waals surface area contributed by atoms with E-state index in [2.05, 4.69) is 17.4 Å². The molecule has 3 amide bonds. The van der Waals surface area contributed by atoms with Crippen LogP contribution in [0.1, 0.15) is 58.4 Å². The van der Waals surface area contributed by atoms with Crippen molar-refractivity contribution in [2.75, 3.05) is 23.4 Å². The molecule has 3 aromatic carbocycles. The monoisotopic (exact) mass is 554 g/mol. The Balaban J connectivity index is 1.15. The molecule has 5 rings (SSSR count). The molecule has 9 heteroatoms. The minimum Gasteiger partial charge on any atom is -0.462 e. The van der Waals surface area contributed by atoms with Crippen LogP contribution in [0.25, 0.3) is 0 Å². The van der Waals surface area contributed by atoms with E-state index >= 15 is 0 Å². The van der Waals surface area contributed by atoms with Gasteiger partial charge in [-0.3, -0.25) is 19.3 Å². The topological polar surface area (TPSA) is 119 Å². The number of carbonyl (C=O) groups excluding carboxylic acids is 5. The maximum absolute atomic E-state index is 13.3. The number of ether oxygens (including phenoxy) is 2. The molecule has 1 saturated heterocycles. The molecule has 0 bridgehead atoms. The Morgan fingerprint density at radius 2 is 1.39 bits per heavy atom. The van der Waals surface area contributed by atoms with Crippen molar-refractivity contribution in [3.05, 3.63) is 95.6 Å². The number of imide groups is 1. The zero-order chi connectivity index (χ0) is 28.9. The lowest BCUT2D eigenvalue weighted by atomic mass is 9.73. The highest BCUT2D eigenvalue weighted by atomic mass is 16.5. The maximum atomic E-state index is 13.3. The van der Waals surface area contributed by atoms with Gasteiger partial charge in [0.15, 0.2) is 6.61 Å². The van der Waals surface area contributed by atoms with Gasteiger partial charge in [-0.15, -0.1) is 0 Å². The Kier molecular flexibility index (Phi) is 8.24. The van der Waals surface area contributed by atoms with Gasteiger partial charge in [0.1, 0.15) is 0 Å². The molecule has 0 spiro atoms. The van der Waals surface area contributed by atoms with E-state index in [9.17, 15) is 24.0 Å². The molecule has 1 aliphatic heterocycles. The van der Waals surface area contributed by atoms with Crippen molar-refractivity contribution in [1.29, 1.82) is 0 Å². The second-order valence-corrected chi connectivity index (χ2v) is 10.1. The zero-order valence-electron chi connectivity index (χ0n) is 22.6. The van der Waals surface area contributed by atoms with Gasteiger partial charge < -0.3 is 14.8 Å². The summed E-state index contributed by atoms with van der Waals surface area (Å²) in [6, 6.07) is 22.2. The van der Waals surface area contributed by atoms with Crippen molar-refractivity contribution in [3.63, 3.8) is 0 Å². The van der Waals surface area contributed by atoms with Gasteiger partial charge in [0.25, 0.3) is 5.91 Å². The summed E-state index contributed by atoms with van der Waals surface area (Å²) >= 11 is 0. The van der Waals surface area contributed by atoms with Crippen LogP contribution in [0.2, 0.25) is 0 Å². The van der Waals surface area contributed by atoms with Gasteiger partial charge in [0, 0.05) is 5.69 Å². The molecule has 2 fully saturated rings. The average Bonchev–Trinajstić information content (AvgIpc) is 3.25. The Bertz CT molecular complexity index is 1450. The number of rotatable bonds is 8. The van der Waals surface area contributed by atoms with Crippen molar-refractivity contribution in [2.45, 2.75) is 32.1 Å². The molecule has 1 saturated carbocycles. The third-order valence-corrected chi connectivity index (χ3v) is 7.57. The number of esters is 2. The van der Waals surface area contributed by atoms with Gasteiger partial charge in [0.2, 0.25) is 11.8 Å². The van der Waals surface area contributed by atoms with E-state index in [0.717, 1.165) is 6.42 Å². The smallest absolute Gasteiger partial charge is 0.338 e. The van der Waals surface area contributed by atoms with E-state index in [4.69, 9.17) is 9.47 Å². The van der Waals surface area contributed by atoms with Gasteiger partial charge in [-0.1, -0.05) is 30.3 Å². The van der Waals surface area contributed by atoms with Gasteiger partial charge in [-0.25, -0.2) is 9.59 Å². The van der Waals surface area contributed by atoms with Crippen molar-refractivity contribution in [3.8, 4) is 0 Å². The fraction of sp³-hybridized carbons (Fsp3) is 0.281. The average molecular weight is 555 g/mol. The molecule has 210 valence electrons. The quantitative estimate of drug-likeness (QED) is 0.316. The molecular weight excluding hydrogens is 524 g/mol. The number of carbonyl (C=O) groups is 5. The standard InChI is InChI=1S/C32H30N2O7/c1-2-40-31(38)21-8-13-24(14-9-21)33-28(35)19-41-32(39)22-10-15-25(16-11-22)34-29(36)26-17-12-23(18-27(26)30(34)37)20-6-4-3-5-7-20/h3-11,13-16,23,26-27H,2,12,17-19H2,1H3,(H,33,35)/t23-,26+,27+/m0/s1. The number of amides is 3. The molecule has 1 heterocycles. The molecule has 0 aromatic heterocycles. The molecular formula is C32H30N2O7. The van der Waals surface area contributed by atoms with Crippen LogP contribution >= 0.6 is 0 Å². The van der Waals surface area contributed by atoms with Crippen molar-refractivity contribution in [2.24, 2.45) is 11.8 Å². The zero-order valence-corrected chi connectivity index (χ0v) is 22.6. The number of hydrogen-bond donors (Lipinski definition) is 1. The fourth-order valence-electron chi connectivity index (χ4n) is 5.52. The lowest BCUT2D eigenvalue weighted by Gasteiger charge is -2.28. The van der Waals surface area contributed by atoms with Crippen molar-refractivity contribution in [1.82, 2.24) is 0 Å². The molecule has 9 nitrogen and oxygen atoms in total. The van der Waals surface area contributed by atoms with Crippen LogP contribution in [0.4, 0.5) is 11.4 Å². The highest BCUT2D eigenvalue weighted by Crippen LogP contribution is 2.45. The van der Waals surface area contributed by atoms with Crippen LogP contribution in [-0.4, -0.2) is 42.9 Å². The summed E-state index contributed by atoms with van der Waals surface area (Å²) in [7, 11) is 0. The summed E-state index contributed by atoms with van der Waals surface area (Å²) in [5.74, 6) is -2.58. The highest BCUT2D eigenvalue weighted by molar-refractivity contribution is 6.22. The van der Waals surface area contributed by atoms with E-state index < -0.39 is 24.5 Å². The Morgan fingerprint density at radius 3 is 2.05 bits per heavy atom. The molecule has 2 aliphatic rings. The first-order chi connectivity index (χ1) is 19.9. The van der Waals surface area contributed by atoms with Crippen molar-refractivity contribution >= 4 is 41.0 Å². The van der Waals surface area contributed by atoms with E-state index in [1.807, 2.05) is 18.2 Å². The molecule has 1 N–H and O–H groups in total. The van der Waals surface area contributed by atoms with Crippen LogP contribution in [0, 0.1) is 11.8 Å². The fourth-order valence-corrected chi connectivity index (χ4v) is 5.52. The Labute approximate surface area is 237 Å². The highest BCUT2D eigenvalue weighted by Gasteiger charge is 2.50. The lowest BCUT2D eigenvalue weighted by molar-refractivity contribution is -0.122. The minimum absolute atomic E-state index is 0.181. The first kappa shape index (κ1) is 27.8. The third-order valence-electron chi connectivity index (χ3n) is 7.57. The summed E-state index contributed by atoms with van der Waals surface area (Å²) in [6.45, 7) is 1.45. The van der Waals surface area contributed by atoms with Gasteiger partial charge in [0.05, 0.1) is 35.3 Å². The van der Waals surface area contributed by atoms with E-state index in [1.165, 1.54) is 34.7 Å². The number of benzene rings is 3. The van der Waals surface area contributed by atoms with Gasteiger partial charge in [-0.05, 0) is 86.2 Å². The van der Waals surface area contributed by atoms with Gasteiger partial charge in [-0.2, -0.15) is 0 Å². The summed E-state index contributed by atoms with van der Waals surface area (Å²) in [5, 5.41) is 2.59. The molecule has 41 heavy (non-hydrogen) atoms. The van der Waals surface area contributed by atoms with Gasteiger partial charge >= 0.3 is 11.9 Å². The van der Waals surface area contributed by atoms with E-state index in [1.54, 1.807) is 31.2 Å². The SMILES string of the molecule is CCOC(=O)c1ccc(NC(=O)COC(=O)c2ccc(N3C(=O)[C@@H]4CC[C@H](c5ccccc5)C[C@H]4C3=O)cc2)cc1. The first-order valence-corrected chi connectivity index (χ1v) is 13.6. The predicted molar refractivity (Wildman–Crippen MR) is 150 cm³/mol. The summed E-state index contributed by atoms with van der Waals surface area (Å²) in [4.78, 5) is 64.2. The largest absolute Gasteiger partial charge is 0.462 e. The summed E-state index contributed by atoms with van der Waals surface area (Å²) in [6.07, 6.45) is 2.15. The van der Waals surface area contributed by atoms with Crippen LogP contribution in [0.15, 0.2) is 78.9 Å². The Hall–Kier alpha value is -4.79. The predicted octanol–water partition coefficient (Wildman–Crippen LogP) is 4.73. The van der Waals surface area contributed by atoms with Crippen LogP contribution in [0.3, 0.4) is 0 Å². The number of anilines is 2.